The smallest absolute Gasteiger partial charge is 0.266 e. The van der Waals surface area contributed by atoms with E-state index in [1.54, 1.807) is 18.0 Å². The molecule has 0 radical (unpaired) electrons. The third-order valence-corrected chi connectivity index (χ3v) is 10.4. The van der Waals surface area contributed by atoms with Crippen molar-refractivity contribution in [2.45, 2.75) is 44.3 Å². The van der Waals surface area contributed by atoms with E-state index in [4.69, 9.17) is 23.2 Å². The van der Waals surface area contributed by atoms with Crippen molar-refractivity contribution in [2.75, 3.05) is 5.38 Å². The number of thioether (sulfide) groups is 1. The van der Waals surface area contributed by atoms with Crippen LogP contribution in [0.15, 0.2) is 40.2 Å². The molecule has 24 heavy (non-hydrogen) atoms. The third-order valence-electron chi connectivity index (χ3n) is 3.72. The highest BCUT2D eigenvalue weighted by molar-refractivity contribution is 8.01. The minimum absolute atomic E-state index is 0.239. The summed E-state index contributed by atoms with van der Waals surface area (Å²) in [4.78, 5) is 13.2. The second-order valence-corrected chi connectivity index (χ2v) is 14.4. The summed E-state index contributed by atoms with van der Waals surface area (Å²) in [6.07, 6.45) is 1.70. The van der Waals surface area contributed by atoms with Crippen LogP contribution in [-0.2, 0) is 5.54 Å². The van der Waals surface area contributed by atoms with Crippen molar-refractivity contribution < 1.29 is 0 Å². The van der Waals surface area contributed by atoms with Crippen LogP contribution in [-0.4, -0.2) is 23.2 Å². The second-order valence-electron chi connectivity index (χ2n) is 7.39. The zero-order chi connectivity index (χ0) is 18.1. The molecule has 7 heteroatoms. The summed E-state index contributed by atoms with van der Waals surface area (Å²) in [6, 6.07) is 8.02. The molecule has 0 N–H and O–H groups in total. The summed E-state index contributed by atoms with van der Waals surface area (Å²) in [5.41, 5.74) is -0.630. The Hall–Kier alpha value is -0.753. The van der Waals surface area contributed by atoms with Crippen molar-refractivity contribution >= 4 is 48.2 Å². The van der Waals surface area contributed by atoms with Gasteiger partial charge in [0.2, 0.25) is 0 Å². The van der Waals surface area contributed by atoms with Crippen molar-refractivity contribution in [3.8, 4) is 0 Å². The number of hydrogen-bond donors (Lipinski definition) is 0. The zero-order valence-corrected chi connectivity index (χ0v) is 17.9. The highest BCUT2D eigenvalue weighted by atomic mass is 35.5. The Labute approximate surface area is 158 Å². The van der Waals surface area contributed by atoms with Gasteiger partial charge in [0.25, 0.3) is 5.56 Å². The van der Waals surface area contributed by atoms with E-state index in [2.05, 4.69) is 24.3 Å². The van der Waals surface area contributed by atoms with Crippen LogP contribution in [0.1, 0.15) is 20.8 Å². The van der Waals surface area contributed by atoms with Crippen molar-refractivity contribution in [1.29, 1.82) is 0 Å². The Morgan fingerprint density at radius 2 is 1.92 bits per heavy atom. The summed E-state index contributed by atoms with van der Waals surface area (Å²) in [6.45, 7) is 10.4. The predicted octanol–water partition coefficient (Wildman–Crippen LogP) is 4.55. The Balaban J connectivity index is 2.23. The van der Waals surface area contributed by atoms with Gasteiger partial charge in [-0.15, -0.1) is 11.8 Å². The molecule has 0 saturated heterocycles. The van der Waals surface area contributed by atoms with Gasteiger partial charge >= 0.3 is 0 Å². The predicted molar refractivity (Wildman–Crippen MR) is 108 cm³/mol. The van der Waals surface area contributed by atoms with Crippen LogP contribution in [0.4, 0.5) is 0 Å². The summed E-state index contributed by atoms with van der Waals surface area (Å²) in [5.74, 6) is 0. The quantitative estimate of drug-likeness (QED) is 0.557. The van der Waals surface area contributed by atoms with Crippen molar-refractivity contribution in [3.63, 3.8) is 0 Å². The lowest BCUT2D eigenvalue weighted by atomic mass is 10.1. The Morgan fingerprint density at radius 1 is 1.25 bits per heavy atom. The minimum atomic E-state index is -1.70. The Bertz CT molecular complexity index is 800. The standard InChI is InChI=1S/C17H22Cl2N2OSSi/c1-17(2,3)21-16(22)15(19)14(10-20-21)23-11-24(4,5)13-8-6-7-12(18)9-13/h6-10H,11H2,1-5H3. The van der Waals surface area contributed by atoms with E-state index in [9.17, 15) is 4.79 Å². The van der Waals surface area contributed by atoms with E-state index >= 15 is 0 Å². The number of halogens is 2. The first-order chi connectivity index (χ1) is 11.0. The van der Waals surface area contributed by atoms with E-state index in [0.717, 1.165) is 15.3 Å². The number of benzene rings is 1. The Kier molecular flexibility index (Phi) is 5.90. The third kappa shape index (κ3) is 4.45. The SMILES string of the molecule is CC(C)(C)n1ncc(SC[Si](C)(C)c2cccc(Cl)c2)c(Cl)c1=O. The number of rotatable bonds is 4. The van der Waals surface area contributed by atoms with E-state index in [1.807, 2.05) is 39.0 Å². The van der Waals surface area contributed by atoms with Gasteiger partial charge in [0.1, 0.15) is 5.02 Å². The molecule has 1 aromatic heterocycles. The van der Waals surface area contributed by atoms with Crippen molar-refractivity contribution in [1.82, 2.24) is 9.78 Å². The fourth-order valence-electron chi connectivity index (χ4n) is 2.25. The van der Waals surface area contributed by atoms with Gasteiger partial charge in [-0.1, -0.05) is 53.6 Å². The summed E-state index contributed by atoms with van der Waals surface area (Å²) >= 11 is 14.0. The molecule has 0 aliphatic carbocycles. The normalized spacial score (nSPS) is 12.5. The average molecular weight is 401 g/mol. The molecular formula is C17H22Cl2N2OSSi. The van der Waals surface area contributed by atoms with E-state index in [1.165, 1.54) is 9.87 Å². The highest BCUT2D eigenvalue weighted by Gasteiger charge is 2.25. The van der Waals surface area contributed by atoms with Crippen molar-refractivity contribution in [3.05, 3.63) is 50.9 Å². The van der Waals surface area contributed by atoms with Gasteiger partial charge in [-0.3, -0.25) is 4.79 Å². The van der Waals surface area contributed by atoms with E-state index in [0.29, 0.717) is 0 Å². The lowest BCUT2D eigenvalue weighted by molar-refractivity contribution is 0.336. The van der Waals surface area contributed by atoms with E-state index < -0.39 is 13.6 Å². The first-order valence-electron chi connectivity index (χ1n) is 7.69. The molecule has 0 atom stereocenters. The molecular weight excluding hydrogens is 379 g/mol. The van der Waals surface area contributed by atoms with Crippen LogP contribution >= 0.6 is 35.0 Å². The second kappa shape index (κ2) is 7.24. The molecule has 0 aliphatic rings. The average Bonchev–Trinajstić information content (AvgIpc) is 2.47. The van der Waals surface area contributed by atoms with Gasteiger partial charge in [-0.2, -0.15) is 5.10 Å². The molecule has 1 heterocycles. The molecule has 2 rings (SSSR count). The molecule has 0 bridgehead atoms. The molecule has 130 valence electrons. The van der Waals surface area contributed by atoms with Crippen molar-refractivity contribution in [2.24, 2.45) is 0 Å². The number of aromatic nitrogens is 2. The monoisotopic (exact) mass is 400 g/mol. The molecule has 0 amide bonds. The molecule has 3 nitrogen and oxygen atoms in total. The maximum Gasteiger partial charge on any atom is 0.287 e. The Morgan fingerprint density at radius 3 is 2.50 bits per heavy atom. The van der Waals surface area contributed by atoms with Crippen LogP contribution < -0.4 is 10.7 Å². The van der Waals surface area contributed by atoms with Gasteiger partial charge < -0.3 is 0 Å². The first-order valence-corrected chi connectivity index (χ1v) is 12.6. The van der Waals surface area contributed by atoms with Crippen LogP contribution in [0.3, 0.4) is 0 Å². The first kappa shape index (κ1) is 19.6. The summed E-state index contributed by atoms with van der Waals surface area (Å²) in [5, 5.41) is 7.48. The van der Waals surface area contributed by atoms with Crippen LogP contribution in [0.2, 0.25) is 23.1 Å². The van der Waals surface area contributed by atoms with Crippen LogP contribution in [0.5, 0.6) is 0 Å². The zero-order valence-electron chi connectivity index (χ0n) is 14.6. The van der Waals surface area contributed by atoms with Gasteiger partial charge in [-0.25, -0.2) is 4.68 Å². The van der Waals surface area contributed by atoms with E-state index in [-0.39, 0.29) is 10.6 Å². The molecule has 0 fully saturated rings. The lowest BCUT2D eigenvalue weighted by Gasteiger charge is -2.24. The number of hydrogen-bond acceptors (Lipinski definition) is 3. The molecule has 1 aromatic carbocycles. The van der Waals surface area contributed by atoms with Crippen LogP contribution in [0.25, 0.3) is 0 Å². The molecule has 0 unspecified atom stereocenters. The molecule has 2 aromatic rings. The molecule has 0 saturated carbocycles. The van der Waals surface area contributed by atoms with Gasteiger partial charge in [0.05, 0.1) is 24.7 Å². The minimum Gasteiger partial charge on any atom is -0.266 e. The topological polar surface area (TPSA) is 34.9 Å². The fourth-order valence-corrected chi connectivity index (χ4v) is 6.98. The highest BCUT2D eigenvalue weighted by Crippen LogP contribution is 2.27. The summed E-state index contributed by atoms with van der Waals surface area (Å²) in [7, 11) is -1.70. The lowest BCUT2D eigenvalue weighted by Crippen LogP contribution is -2.44. The molecule has 0 aliphatic heterocycles. The number of nitrogens with zero attached hydrogens (tertiary/aromatic N) is 2. The van der Waals surface area contributed by atoms with Gasteiger partial charge in [-0.05, 0) is 38.3 Å². The van der Waals surface area contributed by atoms with Crippen LogP contribution in [0, 0.1) is 0 Å². The fraction of sp³-hybridized carbons (Fsp3) is 0.412. The maximum atomic E-state index is 12.4. The molecule has 0 spiro atoms. The largest absolute Gasteiger partial charge is 0.287 e. The summed E-state index contributed by atoms with van der Waals surface area (Å²) < 4.78 is 1.43. The maximum absolute atomic E-state index is 12.4. The van der Waals surface area contributed by atoms with Gasteiger partial charge in [0, 0.05) is 5.02 Å². The van der Waals surface area contributed by atoms with Gasteiger partial charge in [0.15, 0.2) is 0 Å².